The van der Waals surface area contributed by atoms with Crippen LogP contribution >= 0.6 is 23.5 Å². The Hall–Kier alpha value is -2.88. The molecule has 0 aromatic heterocycles. The van der Waals surface area contributed by atoms with Gasteiger partial charge in [-0.2, -0.15) is 0 Å². The Morgan fingerprint density at radius 1 is 1.23 bits per heavy atom. The second kappa shape index (κ2) is 17.4. The van der Waals surface area contributed by atoms with Gasteiger partial charge in [0.25, 0.3) is 0 Å². The number of hydrogen-bond donors (Lipinski definition) is 3. The molecule has 0 radical (unpaired) electrons. The number of benzene rings is 2. The molecule has 43 heavy (non-hydrogen) atoms. The van der Waals surface area contributed by atoms with Crippen molar-refractivity contribution in [3.8, 4) is 5.75 Å². The van der Waals surface area contributed by atoms with Gasteiger partial charge in [-0.1, -0.05) is 35.9 Å². The van der Waals surface area contributed by atoms with Crippen molar-refractivity contribution in [2.75, 3.05) is 30.3 Å². The van der Waals surface area contributed by atoms with E-state index < -0.39 is 23.7 Å². The SMILES string of the molecule is CC(C)(C)OC(=O)NSCCC/C=C/[C@H](O)CCCN1CC(CCCc2cccc(Cl)c2)COc2ccc(C(N)=O)cc21. The van der Waals surface area contributed by atoms with Crippen LogP contribution in [0.4, 0.5) is 10.5 Å². The van der Waals surface area contributed by atoms with Crippen molar-refractivity contribution >= 4 is 41.2 Å². The predicted octanol–water partition coefficient (Wildman–Crippen LogP) is 6.93. The Balaban J connectivity index is 1.46. The lowest BCUT2D eigenvalue weighted by Gasteiger charge is -2.27. The van der Waals surface area contributed by atoms with E-state index in [-0.39, 0.29) is 0 Å². The highest BCUT2D eigenvalue weighted by molar-refractivity contribution is 7.97. The monoisotopic (exact) mass is 631 g/mol. The van der Waals surface area contributed by atoms with Crippen LogP contribution in [-0.2, 0) is 11.2 Å². The molecule has 2 aromatic carbocycles. The number of rotatable bonds is 15. The number of halogens is 1. The maximum atomic E-state index is 11.9. The Morgan fingerprint density at radius 2 is 2.05 bits per heavy atom. The van der Waals surface area contributed by atoms with Crippen LogP contribution in [-0.4, -0.2) is 54.3 Å². The van der Waals surface area contributed by atoms with Gasteiger partial charge in [0.05, 0.1) is 18.4 Å². The summed E-state index contributed by atoms with van der Waals surface area (Å²) in [5.41, 5.74) is 7.62. The van der Waals surface area contributed by atoms with Crippen LogP contribution in [0, 0.1) is 5.92 Å². The lowest BCUT2D eigenvalue weighted by Crippen LogP contribution is -2.31. The largest absolute Gasteiger partial charge is 0.491 e. The van der Waals surface area contributed by atoms with Gasteiger partial charge in [-0.3, -0.25) is 9.52 Å². The zero-order chi connectivity index (χ0) is 31.2. The number of aliphatic hydroxyl groups excluding tert-OH is 1. The van der Waals surface area contributed by atoms with Crippen molar-refractivity contribution in [1.82, 2.24) is 4.72 Å². The summed E-state index contributed by atoms with van der Waals surface area (Å²) in [4.78, 5) is 25.8. The molecule has 1 unspecified atom stereocenters. The molecule has 0 bridgehead atoms. The molecule has 3 rings (SSSR count). The number of nitrogens with two attached hydrogens (primary N) is 1. The first-order valence-corrected chi connectivity index (χ1v) is 16.4. The number of unbranched alkanes of at least 4 members (excludes halogenated alkanes) is 1. The van der Waals surface area contributed by atoms with Crippen molar-refractivity contribution in [3.05, 3.63) is 70.8 Å². The number of anilines is 1. The fourth-order valence-corrected chi connectivity index (χ4v) is 5.69. The first kappa shape index (κ1) is 34.6. The molecule has 0 saturated heterocycles. The van der Waals surface area contributed by atoms with Gasteiger partial charge < -0.3 is 25.2 Å². The van der Waals surface area contributed by atoms with Crippen LogP contribution in [0.3, 0.4) is 0 Å². The molecule has 1 aliphatic heterocycles. The lowest BCUT2D eigenvalue weighted by molar-refractivity contribution is 0.0574. The van der Waals surface area contributed by atoms with Crippen molar-refractivity contribution in [2.45, 2.75) is 77.4 Å². The van der Waals surface area contributed by atoms with Gasteiger partial charge >= 0.3 is 6.09 Å². The maximum absolute atomic E-state index is 11.9. The minimum absolute atomic E-state index is 0.316. The van der Waals surface area contributed by atoms with Crippen LogP contribution < -0.4 is 20.1 Å². The molecule has 2 aromatic rings. The average Bonchev–Trinajstić information content (AvgIpc) is 3.10. The summed E-state index contributed by atoms with van der Waals surface area (Å²) in [6.45, 7) is 7.61. The van der Waals surface area contributed by atoms with Gasteiger partial charge in [-0.25, -0.2) is 4.79 Å². The highest BCUT2D eigenvalue weighted by Gasteiger charge is 2.24. The molecule has 10 heteroatoms. The van der Waals surface area contributed by atoms with E-state index in [1.54, 1.807) is 6.07 Å². The molecule has 8 nitrogen and oxygen atoms in total. The third kappa shape index (κ3) is 13.1. The van der Waals surface area contributed by atoms with Gasteiger partial charge in [-0.15, -0.1) is 0 Å². The van der Waals surface area contributed by atoms with Gasteiger partial charge in [0.2, 0.25) is 5.91 Å². The van der Waals surface area contributed by atoms with Crippen LogP contribution in [0.2, 0.25) is 5.02 Å². The number of fused-ring (bicyclic) bond motifs is 1. The Morgan fingerprint density at radius 3 is 2.79 bits per heavy atom. The van der Waals surface area contributed by atoms with Crippen LogP contribution in [0.5, 0.6) is 5.75 Å². The molecule has 1 aliphatic rings. The van der Waals surface area contributed by atoms with Crippen molar-refractivity contribution in [2.24, 2.45) is 11.7 Å². The summed E-state index contributed by atoms with van der Waals surface area (Å²) in [7, 11) is 0. The van der Waals surface area contributed by atoms with Gasteiger partial charge in [0, 0.05) is 35.3 Å². The fourth-order valence-electron chi connectivity index (χ4n) is 4.91. The third-order valence-electron chi connectivity index (χ3n) is 6.96. The van der Waals surface area contributed by atoms with Crippen molar-refractivity contribution < 1.29 is 24.2 Å². The predicted molar refractivity (Wildman–Crippen MR) is 176 cm³/mol. The normalized spacial score (nSPS) is 15.8. The van der Waals surface area contributed by atoms with Gasteiger partial charge in [0.1, 0.15) is 11.4 Å². The van der Waals surface area contributed by atoms with Crippen molar-refractivity contribution in [1.29, 1.82) is 0 Å². The first-order valence-electron chi connectivity index (χ1n) is 15.0. The Labute approximate surface area is 265 Å². The Kier molecular flexibility index (Phi) is 14.0. The fraction of sp³-hybridized carbons (Fsp3) is 0.515. The summed E-state index contributed by atoms with van der Waals surface area (Å²) in [5, 5.41) is 11.3. The number of carbonyl (C=O) groups is 2. The van der Waals surface area contributed by atoms with Crippen molar-refractivity contribution in [3.63, 3.8) is 0 Å². The van der Waals surface area contributed by atoms with Gasteiger partial charge in [0.15, 0.2) is 0 Å². The van der Waals surface area contributed by atoms with Crippen LogP contribution in [0.15, 0.2) is 54.6 Å². The topological polar surface area (TPSA) is 114 Å². The van der Waals surface area contributed by atoms with E-state index >= 15 is 0 Å². The molecule has 0 aliphatic carbocycles. The second-order valence-corrected chi connectivity index (χ2v) is 13.3. The number of carbonyl (C=O) groups excluding carboxylic acids is 2. The standard InChI is InChI=1S/C33H46ClN3O5S/c1-33(2,3)42-32(40)36-43-19-6-4-5-14-28(38)15-9-18-37-22-25(12-7-10-24-11-8-13-27(34)20-24)23-41-30-17-16-26(31(35)39)21-29(30)37/h5,8,11,13-14,16-17,20-21,25,28,38H,4,6-7,9-10,12,15,18-19,22-23H2,1-3H3,(H2,35,39)(H,36,40)/b14-5+/t25?,28-/m0/s1. The smallest absolute Gasteiger partial charge is 0.417 e. The number of hydrogen-bond acceptors (Lipinski definition) is 7. The second-order valence-electron chi connectivity index (χ2n) is 11.9. The number of primary amides is 1. The number of aryl methyl sites for hydroxylation is 1. The van der Waals surface area contributed by atoms with E-state index in [4.69, 9.17) is 26.8 Å². The summed E-state index contributed by atoms with van der Waals surface area (Å²) in [5.74, 6) is 1.35. The van der Waals surface area contributed by atoms with Crippen LogP contribution in [0.1, 0.15) is 75.2 Å². The first-order chi connectivity index (χ1) is 20.5. The molecular weight excluding hydrogens is 586 g/mol. The molecule has 4 N–H and O–H groups in total. The Bertz CT molecular complexity index is 1220. The van der Waals surface area contributed by atoms with Gasteiger partial charge in [-0.05, 0) is 114 Å². The van der Waals surface area contributed by atoms with E-state index in [2.05, 4.69) is 15.7 Å². The van der Waals surface area contributed by atoms with E-state index in [0.29, 0.717) is 24.5 Å². The third-order valence-corrected chi connectivity index (χ3v) is 8.00. The number of ether oxygens (including phenoxy) is 2. The molecule has 2 atom stereocenters. The quantitative estimate of drug-likeness (QED) is 0.111. The summed E-state index contributed by atoms with van der Waals surface area (Å²) >= 11 is 7.47. The molecule has 0 saturated carbocycles. The molecule has 1 heterocycles. The highest BCUT2D eigenvalue weighted by atomic mass is 35.5. The minimum Gasteiger partial charge on any atom is -0.491 e. The number of nitrogens with one attached hydrogen (secondary N) is 1. The zero-order valence-electron chi connectivity index (χ0n) is 25.5. The molecule has 0 fully saturated rings. The molecule has 2 amide bonds. The number of allylic oxidation sites excluding steroid dienone is 1. The number of amides is 2. The maximum Gasteiger partial charge on any atom is 0.417 e. The number of nitrogens with zero attached hydrogens (tertiary/aromatic N) is 1. The summed E-state index contributed by atoms with van der Waals surface area (Å²) < 4.78 is 14.1. The summed E-state index contributed by atoms with van der Waals surface area (Å²) in [6.07, 6.45) is 8.90. The minimum atomic E-state index is -0.541. The van der Waals surface area contributed by atoms with Crippen LogP contribution in [0.25, 0.3) is 0 Å². The van der Waals surface area contributed by atoms with E-state index in [9.17, 15) is 14.7 Å². The van der Waals surface area contributed by atoms with E-state index in [0.717, 1.165) is 73.8 Å². The molecule has 0 spiro atoms. The lowest BCUT2D eigenvalue weighted by atomic mass is 9.99. The average molecular weight is 632 g/mol. The molecule has 236 valence electrons. The summed E-state index contributed by atoms with van der Waals surface area (Å²) in [6, 6.07) is 13.3. The zero-order valence-corrected chi connectivity index (χ0v) is 27.1. The van der Waals surface area contributed by atoms with E-state index in [1.807, 2.05) is 63.3 Å². The van der Waals surface area contributed by atoms with E-state index in [1.165, 1.54) is 17.5 Å². The molecular formula is C33H46ClN3O5S. The number of aliphatic hydroxyl groups is 1. The highest BCUT2D eigenvalue weighted by Crippen LogP contribution is 2.34.